The summed E-state index contributed by atoms with van der Waals surface area (Å²) >= 11 is 0. The number of benzene rings is 2. The van der Waals surface area contributed by atoms with Crippen LogP contribution in [0.1, 0.15) is 12.5 Å². The molecule has 0 aromatic heterocycles. The highest BCUT2D eigenvalue weighted by Gasteiger charge is 2.54. The van der Waals surface area contributed by atoms with E-state index in [-0.39, 0.29) is 12.3 Å². The molecular weight excluding hydrogens is 232 g/mol. The average molecular weight is 241 g/mol. The van der Waals surface area contributed by atoms with Crippen molar-refractivity contribution in [1.82, 2.24) is 0 Å². The summed E-state index contributed by atoms with van der Waals surface area (Å²) < 4.78 is 53.2. The SMILES string of the molecule is CC(F)(F)C(F)(F)c1cc[c]c2ccccc12. The van der Waals surface area contributed by atoms with Crippen LogP contribution in [0.15, 0.2) is 36.4 Å². The van der Waals surface area contributed by atoms with Crippen molar-refractivity contribution in [3.63, 3.8) is 0 Å². The van der Waals surface area contributed by atoms with E-state index in [1.165, 1.54) is 18.2 Å². The Morgan fingerprint density at radius 1 is 1.00 bits per heavy atom. The highest BCUT2D eigenvalue weighted by molar-refractivity contribution is 5.85. The van der Waals surface area contributed by atoms with Crippen LogP contribution in [0.25, 0.3) is 10.8 Å². The van der Waals surface area contributed by atoms with Crippen LogP contribution >= 0.6 is 0 Å². The van der Waals surface area contributed by atoms with Gasteiger partial charge in [0.25, 0.3) is 0 Å². The van der Waals surface area contributed by atoms with Gasteiger partial charge in [-0.15, -0.1) is 0 Å². The minimum Gasteiger partial charge on any atom is -0.200 e. The maximum absolute atomic E-state index is 13.6. The fourth-order valence-electron chi connectivity index (χ4n) is 1.66. The van der Waals surface area contributed by atoms with Gasteiger partial charge in [-0.05, 0) is 16.8 Å². The molecule has 0 aliphatic rings. The number of halogens is 4. The molecule has 0 unspecified atom stereocenters. The van der Waals surface area contributed by atoms with Gasteiger partial charge in [0.2, 0.25) is 0 Å². The van der Waals surface area contributed by atoms with Gasteiger partial charge in [-0.1, -0.05) is 36.4 Å². The van der Waals surface area contributed by atoms with Gasteiger partial charge in [0.1, 0.15) is 0 Å². The summed E-state index contributed by atoms with van der Waals surface area (Å²) in [6, 6.07) is 11.1. The predicted octanol–water partition coefficient (Wildman–Crippen LogP) is 4.39. The Balaban J connectivity index is 2.72. The Morgan fingerprint density at radius 2 is 1.65 bits per heavy atom. The molecule has 2 rings (SSSR count). The largest absolute Gasteiger partial charge is 0.335 e. The van der Waals surface area contributed by atoms with Crippen LogP contribution in [0, 0.1) is 6.07 Å². The first-order valence-corrected chi connectivity index (χ1v) is 4.99. The monoisotopic (exact) mass is 241 g/mol. The van der Waals surface area contributed by atoms with Gasteiger partial charge in [-0.3, -0.25) is 0 Å². The number of rotatable bonds is 2. The summed E-state index contributed by atoms with van der Waals surface area (Å²) in [5.41, 5.74) is -0.667. The predicted molar refractivity (Wildman–Crippen MR) is 57.3 cm³/mol. The van der Waals surface area contributed by atoms with Crippen molar-refractivity contribution in [2.45, 2.75) is 18.8 Å². The minimum atomic E-state index is -4.19. The standard InChI is InChI=1S/C13H9F4/c1-12(14,15)13(16,17)11-8-4-6-9-5-2-3-7-10(9)11/h2-5,7-8H,1H3. The van der Waals surface area contributed by atoms with Crippen molar-refractivity contribution in [1.29, 1.82) is 0 Å². The van der Waals surface area contributed by atoms with Crippen LogP contribution in [0.4, 0.5) is 17.6 Å². The molecule has 2 aromatic carbocycles. The quantitative estimate of drug-likeness (QED) is 0.684. The topological polar surface area (TPSA) is 0 Å². The Bertz CT molecular complexity index is 535. The molecule has 0 saturated carbocycles. The van der Waals surface area contributed by atoms with Gasteiger partial charge in [0.15, 0.2) is 0 Å². The zero-order valence-corrected chi connectivity index (χ0v) is 8.98. The first-order valence-electron chi connectivity index (χ1n) is 4.99. The lowest BCUT2D eigenvalue weighted by Gasteiger charge is -2.24. The van der Waals surface area contributed by atoms with Gasteiger partial charge in [-0.2, -0.15) is 17.6 Å². The first kappa shape index (κ1) is 11.9. The molecule has 0 bridgehead atoms. The summed E-state index contributed by atoms with van der Waals surface area (Å²) in [6.45, 7) is 0.221. The van der Waals surface area contributed by atoms with Crippen LogP contribution in [-0.4, -0.2) is 5.92 Å². The molecule has 0 amide bonds. The Labute approximate surface area is 95.9 Å². The maximum Gasteiger partial charge on any atom is 0.335 e. The van der Waals surface area contributed by atoms with Crippen LogP contribution in [-0.2, 0) is 5.92 Å². The summed E-state index contributed by atoms with van der Waals surface area (Å²) in [4.78, 5) is 0. The second kappa shape index (κ2) is 3.72. The molecule has 0 saturated heterocycles. The molecule has 17 heavy (non-hydrogen) atoms. The van der Waals surface area contributed by atoms with Crippen molar-refractivity contribution in [3.05, 3.63) is 48.0 Å². The smallest absolute Gasteiger partial charge is 0.200 e. The summed E-state index contributed by atoms with van der Waals surface area (Å²) in [7, 11) is 0. The highest BCUT2D eigenvalue weighted by atomic mass is 19.3. The van der Waals surface area contributed by atoms with Crippen LogP contribution in [0.5, 0.6) is 0 Å². The average Bonchev–Trinajstić information content (AvgIpc) is 2.26. The molecule has 0 heterocycles. The van der Waals surface area contributed by atoms with E-state index in [0.717, 1.165) is 6.07 Å². The molecule has 89 valence electrons. The van der Waals surface area contributed by atoms with E-state index < -0.39 is 17.4 Å². The molecule has 0 spiro atoms. The first-order chi connectivity index (χ1) is 7.84. The Kier molecular flexibility index (Phi) is 2.60. The molecule has 0 aliphatic carbocycles. The third kappa shape index (κ3) is 1.88. The second-order valence-electron chi connectivity index (χ2n) is 3.90. The summed E-state index contributed by atoms with van der Waals surface area (Å²) in [5.74, 6) is -8.29. The molecule has 2 aromatic rings. The van der Waals surface area contributed by atoms with Crippen LogP contribution < -0.4 is 0 Å². The van der Waals surface area contributed by atoms with E-state index in [1.807, 2.05) is 0 Å². The normalized spacial score (nSPS) is 13.0. The molecule has 0 nitrogen and oxygen atoms in total. The third-order valence-electron chi connectivity index (χ3n) is 2.60. The van der Waals surface area contributed by atoms with E-state index >= 15 is 0 Å². The number of fused-ring (bicyclic) bond motifs is 1. The molecule has 0 fully saturated rings. The van der Waals surface area contributed by atoms with E-state index in [4.69, 9.17) is 0 Å². The van der Waals surface area contributed by atoms with E-state index in [2.05, 4.69) is 6.07 Å². The fourth-order valence-corrected chi connectivity index (χ4v) is 1.66. The molecule has 4 heteroatoms. The van der Waals surface area contributed by atoms with Gasteiger partial charge in [0, 0.05) is 12.5 Å². The summed E-state index contributed by atoms with van der Waals surface area (Å²) in [6.07, 6.45) is 0. The zero-order chi connectivity index (χ0) is 12.7. The van der Waals surface area contributed by atoms with Crippen molar-refractivity contribution in [2.75, 3.05) is 0 Å². The van der Waals surface area contributed by atoms with Crippen molar-refractivity contribution >= 4 is 10.8 Å². The maximum atomic E-state index is 13.6. The van der Waals surface area contributed by atoms with Gasteiger partial charge in [-0.25, -0.2) is 0 Å². The molecule has 0 aliphatic heterocycles. The lowest BCUT2D eigenvalue weighted by atomic mass is 9.96. The minimum absolute atomic E-state index is 0.0986. The molecular formula is C13H9F4. The zero-order valence-electron chi connectivity index (χ0n) is 8.98. The lowest BCUT2D eigenvalue weighted by molar-refractivity contribution is -0.204. The lowest BCUT2D eigenvalue weighted by Crippen LogP contribution is -2.35. The van der Waals surface area contributed by atoms with E-state index in [1.54, 1.807) is 12.1 Å². The van der Waals surface area contributed by atoms with E-state index in [9.17, 15) is 17.6 Å². The van der Waals surface area contributed by atoms with Gasteiger partial charge < -0.3 is 0 Å². The second-order valence-corrected chi connectivity index (χ2v) is 3.90. The van der Waals surface area contributed by atoms with Gasteiger partial charge in [0.05, 0.1) is 0 Å². The number of hydrogen-bond donors (Lipinski definition) is 0. The summed E-state index contributed by atoms with van der Waals surface area (Å²) in [5, 5.41) is 0.496. The third-order valence-corrected chi connectivity index (χ3v) is 2.60. The van der Waals surface area contributed by atoms with Crippen LogP contribution in [0.2, 0.25) is 0 Å². The molecule has 1 radical (unpaired) electrons. The van der Waals surface area contributed by atoms with Crippen molar-refractivity contribution < 1.29 is 17.6 Å². The van der Waals surface area contributed by atoms with Crippen molar-refractivity contribution in [2.24, 2.45) is 0 Å². The molecule has 0 atom stereocenters. The highest BCUT2D eigenvalue weighted by Crippen LogP contribution is 2.44. The number of alkyl halides is 4. The Morgan fingerprint density at radius 3 is 2.29 bits per heavy atom. The fraction of sp³-hybridized carbons (Fsp3) is 0.231. The van der Waals surface area contributed by atoms with Crippen molar-refractivity contribution in [3.8, 4) is 0 Å². The molecule has 0 N–H and O–H groups in total. The van der Waals surface area contributed by atoms with Gasteiger partial charge >= 0.3 is 11.8 Å². The Hall–Kier alpha value is -1.58. The number of hydrogen-bond acceptors (Lipinski definition) is 0. The van der Waals surface area contributed by atoms with E-state index in [0.29, 0.717) is 5.39 Å². The van der Waals surface area contributed by atoms with Crippen LogP contribution in [0.3, 0.4) is 0 Å².